The van der Waals surface area contributed by atoms with Gasteiger partial charge in [-0.2, -0.15) is 5.10 Å². The van der Waals surface area contributed by atoms with Crippen LogP contribution in [0.4, 0.5) is 0 Å². The number of hydrogen-bond acceptors (Lipinski definition) is 5. The third-order valence-corrected chi connectivity index (χ3v) is 6.62. The van der Waals surface area contributed by atoms with E-state index in [0.29, 0.717) is 17.7 Å². The van der Waals surface area contributed by atoms with Gasteiger partial charge in [-0.1, -0.05) is 18.2 Å². The van der Waals surface area contributed by atoms with Crippen molar-refractivity contribution in [1.29, 1.82) is 0 Å². The van der Waals surface area contributed by atoms with Gasteiger partial charge in [0.2, 0.25) is 0 Å². The van der Waals surface area contributed by atoms with Crippen molar-refractivity contribution >= 4 is 22.7 Å². The smallest absolute Gasteiger partial charge is 0.252 e. The lowest BCUT2D eigenvalue weighted by Crippen LogP contribution is -2.28. The minimum atomic E-state index is -0.286. The van der Waals surface area contributed by atoms with Crippen LogP contribution < -0.4 is 10.6 Å². The number of amides is 2. The van der Waals surface area contributed by atoms with Crippen molar-refractivity contribution in [3.05, 3.63) is 101 Å². The molecule has 2 N–H and O–H groups in total. The minimum absolute atomic E-state index is 0.209. The molecule has 3 aromatic heterocycles. The van der Waals surface area contributed by atoms with Crippen LogP contribution in [0.1, 0.15) is 50.6 Å². The fourth-order valence-electron chi connectivity index (χ4n) is 4.50. The lowest BCUT2D eigenvalue weighted by molar-refractivity contribution is 0.0931. The molecule has 3 heterocycles. The average molecular weight is 508 g/mol. The Balaban J connectivity index is 1.35. The number of para-hydroxylation sites is 1. The Labute approximate surface area is 220 Å². The Bertz CT molecular complexity index is 1650. The number of carbonyl (C=O) groups excluding carboxylic acids is 2. The van der Waals surface area contributed by atoms with E-state index < -0.39 is 0 Å². The van der Waals surface area contributed by atoms with Crippen molar-refractivity contribution in [2.45, 2.75) is 26.4 Å². The highest BCUT2D eigenvalue weighted by molar-refractivity contribution is 5.99. The number of nitrogens with zero attached hydrogens (tertiary/aromatic N) is 5. The third-order valence-electron chi connectivity index (χ3n) is 6.62. The van der Waals surface area contributed by atoms with Gasteiger partial charge in [-0.3, -0.25) is 14.3 Å². The van der Waals surface area contributed by atoms with Crippen LogP contribution in [-0.2, 0) is 20.6 Å². The highest BCUT2D eigenvalue weighted by Crippen LogP contribution is 2.29. The number of carbonyl (C=O) groups is 2. The van der Waals surface area contributed by atoms with Gasteiger partial charge >= 0.3 is 0 Å². The van der Waals surface area contributed by atoms with E-state index in [1.165, 1.54) is 0 Å². The summed E-state index contributed by atoms with van der Waals surface area (Å²) in [5, 5.41) is 11.2. The van der Waals surface area contributed by atoms with Gasteiger partial charge in [0.25, 0.3) is 11.8 Å². The fourth-order valence-corrected chi connectivity index (χ4v) is 4.50. The van der Waals surface area contributed by atoms with Gasteiger partial charge in [0, 0.05) is 54.8 Å². The number of aryl methyl sites for hydroxylation is 3. The van der Waals surface area contributed by atoms with E-state index >= 15 is 0 Å². The molecule has 5 aromatic rings. The standard InChI is InChI=1S/C29H29N7O2/c1-18-13-20(28(37)31-16-27-30-11-12-35(27)3)9-10-22(18)29(38)33-19(2)24-14-26(21-15-32-36(4)17-21)34-25-8-6-5-7-23(24)25/h5-15,17,19H,16H2,1-4H3,(H,31,37)(H,33,38)/t19-/m1/s1. The molecule has 5 rings (SSSR count). The number of pyridine rings is 1. The van der Waals surface area contributed by atoms with Crippen molar-refractivity contribution < 1.29 is 9.59 Å². The summed E-state index contributed by atoms with van der Waals surface area (Å²) >= 11 is 0. The van der Waals surface area contributed by atoms with E-state index in [0.717, 1.165) is 39.1 Å². The Morgan fingerprint density at radius 1 is 1.05 bits per heavy atom. The van der Waals surface area contributed by atoms with Gasteiger partial charge in [0.05, 0.1) is 30.0 Å². The molecule has 1 atom stereocenters. The molecule has 2 amide bonds. The van der Waals surface area contributed by atoms with Gasteiger partial charge in [-0.05, 0) is 55.3 Å². The average Bonchev–Trinajstić information content (AvgIpc) is 3.53. The maximum absolute atomic E-state index is 13.3. The number of imidazole rings is 1. The van der Waals surface area contributed by atoms with Gasteiger partial charge < -0.3 is 15.2 Å². The summed E-state index contributed by atoms with van der Waals surface area (Å²) in [6.45, 7) is 4.11. The predicted molar refractivity (Wildman–Crippen MR) is 145 cm³/mol. The molecule has 0 aliphatic carbocycles. The van der Waals surface area contributed by atoms with Crippen molar-refractivity contribution in [3.8, 4) is 11.3 Å². The second-order valence-electron chi connectivity index (χ2n) is 9.38. The number of rotatable bonds is 7. The first-order chi connectivity index (χ1) is 18.3. The molecule has 9 nitrogen and oxygen atoms in total. The summed E-state index contributed by atoms with van der Waals surface area (Å²) in [5.74, 6) is 0.330. The van der Waals surface area contributed by atoms with E-state index in [2.05, 4.69) is 20.7 Å². The molecule has 0 aliphatic heterocycles. The molecule has 0 saturated carbocycles. The Morgan fingerprint density at radius 2 is 1.87 bits per heavy atom. The highest BCUT2D eigenvalue weighted by atomic mass is 16.2. The fraction of sp³-hybridized carbons (Fsp3) is 0.207. The van der Waals surface area contributed by atoms with Crippen molar-refractivity contribution in [2.24, 2.45) is 14.1 Å². The lowest BCUT2D eigenvalue weighted by Gasteiger charge is -2.18. The molecule has 9 heteroatoms. The van der Waals surface area contributed by atoms with Crippen LogP contribution >= 0.6 is 0 Å². The molecule has 0 fully saturated rings. The molecule has 0 unspecified atom stereocenters. The monoisotopic (exact) mass is 507 g/mol. The first kappa shape index (κ1) is 24.9. The topological polar surface area (TPSA) is 107 Å². The van der Waals surface area contributed by atoms with Crippen LogP contribution in [0.3, 0.4) is 0 Å². The molecule has 0 spiro atoms. The SMILES string of the molecule is Cc1cc(C(=O)NCc2nccn2C)ccc1C(=O)N[C@H](C)c1cc(-c2cnn(C)c2)nc2ccccc12. The van der Waals surface area contributed by atoms with Crippen LogP contribution in [0.25, 0.3) is 22.2 Å². The van der Waals surface area contributed by atoms with Gasteiger partial charge in [-0.25, -0.2) is 9.97 Å². The minimum Gasteiger partial charge on any atom is -0.345 e. The number of aromatic nitrogens is 5. The van der Waals surface area contributed by atoms with Gasteiger partial charge in [-0.15, -0.1) is 0 Å². The number of benzene rings is 2. The van der Waals surface area contributed by atoms with E-state index in [4.69, 9.17) is 4.98 Å². The Hall–Kier alpha value is -4.79. The second kappa shape index (κ2) is 10.3. The molecule has 192 valence electrons. The van der Waals surface area contributed by atoms with Gasteiger partial charge in [0.1, 0.15) is 5.82 Å². The predicted octanol–water partition coefficient (Wildman–Crippen LogP) is 4.10. The molecule has 2 aromatic carbocycles. The molecular weight excluding hydrogens is 478 g/mol. The summed E-state index contributed by atoms with van der Waals surface area (Å²) in [5.41, 5.74) is 5.24. The maximum atomic E-state index is 13.3. The second-order valence-corrected chi connectivity index (χ2v) is 9.38. The summed E-state index contributed by atoms with van der Waals surface area (Å²) in [4.78, 5) is 35.0. The molecule has 38 heavy (non-hydrogen) atoms. The number of hydrogen-bond donors (Lipinski definition) is 2. The number of fused-ring (bicyclic) bond motifs is 1. The lowest BCUT2D eigenvalue weighted by atomic mass is 9.99. The molecule has 0 aliphatic rings. The summed E-state index contributed by atoms with van der Waals surface area (Å²) < 4.78 is 3.59. The van der Waals surface area contributed by atoms with E-state index in [1.54, 1.807) is 35.3 Å². The first-order valence-electron chi connectivity index (χ1n) is 12.3. The van der Waals surface area contributed by atoms with E-state index in [9.17, 15) is 9.59 Å². The summed E-state index contributed by atoms with van der Waals surface area (Å²) in [7, 11) is 3.74. The van der Waals surface area contributed by atoms with Crippen molar-refractivity contribution in [1.82, 2.24) is 34.9 Å². The van der Waals surface area contributed by atoms with Crippen molar-refractivity contribution in [2.75, 3.05) is 0 Å². The van der Waals surface area contributed by atoms with Crippen LogP contribution in [-0.4, -0.2) is 36.1 Å². The van der Waals surface area contributed by atoms with Crippen LogP contribution in [0, 0.1) is 6.92 Å². The Kier molecular flexibility index (Phi) is 6.74. The Morgan fingerprint density at radius 3 is 2.58 bits per heavy atom. The zero-order valence-corrected chi connectivity index (χ0v) is 21.8. The van der Waals surface area contributed by atoms with Crippen LogP contribution in [0.2, 0.25) is 0 Å². The summed E-state index contributed by atoms with van der Waals surface area (Å²) in [6, 6.07) is 14.7. The van der Waals surface area contributed by atoms with Crippen molar-refractivity contribution in [3.63, 3.8) is 0 Å². The zero-order valence-electron chi connectivity index (χ0n) is 21.8. The largest absolute Gasteiger partial charge is 0.345 e. The first-order valence-corrected chi connectivity index (χ1v) is 12.3. The quantitative estimate of drug-likeness (QED) is 0.345. The third kappa shape index (κ3) is 5.04. The van der Waals surface area contributed by atoms with E-state index in [1.807, 2.05) is 75.2 Å². The van der Waals surface area contributed by atoms with Crippen LogP contribution in [0.15, 0.2) is 73.3 Å². The molecule has 0 saturated heterocycles. The normalized spacial score (nSPS) is 11.9. The maximum Gasteiger partial charge on any atom is 0.252 e. The van der Waals surface area contributed by atoms with Gasteiger partial charge in [0.15, 0.2) is 0 Å². The number of nitrogens with one attached hydrogen (secondary N) is 2. The summed E-state index contributed by atoms with van der Waals surface area (Å²) in [6.07, 6.45) is 7.21. The highest BCUT2D eigenvalue weighted by Gasteiger charge is 2.19. The van der Waals surface area contributed by atoms with Crippen LogP contribution in [0.5, 0.6) is 0 Å². The molecule has 0 bridgehead atoms. The molecular formula is C29H29N7O2. The zero-order chi connectivity index (χ0) is 26.8. The van der Waals surface area contributed by atoms with E-state index in [-0.39, 0.29) is 17.9 Å². The molecule has 0 radical (unpaired) electrons.